The zero-order valence-electron chi connectivity index (χ0n) is 15.2. The zero-order valence-corrected chi connectivity index (χ0v) is 15.9. The maximum absolute atomic E-state index is 12.7. The molecule has 148 valence electrons. The highest BCUT2D eigenvalue weighted by molar-refractivity contribution is 6.32. The summed E-state index contributed by atoms with van der Waals surface area (Å²) in [6.07, 6.45) is 4.00. The highest BCUT2D eigenvalue weighted by Crippen LogP contribution is 2.29. The topological polar surface area (TPSA) is 93.7 Å². The normalized spacial score (nSPS) is 19.5. The van der Waals surface area contributed by atoms with Crippen molar-refractivity contribution in [2.75, 3.05) is 26.2 Å². The molecule has 1 atom stereocenters. The van der Waals surface area contributed by atoms with Gasteiger partial charge in [-0.1, -0.05) is 11.6 Å². The van der Waals surface area contributed by atoms with Crippen LogP contribution in [0.5, 0.6) is 5.75 Å². The van der Waals surface area contributed by atoms with Gasteiger partial charge >= 0.3 is 0 Å². The van der Waals surface area contributed by atoms with Crippen molar-refractivity contribution in [2.24, 2.45) is 0 Å². The van der Waals surface area contributed by atoms with Gasteiger partial charge in [-0.2, -0.15) is 5.10 Å². The molecule has 1 amide bonds. The first kappa shape index (κ1) is 18.7. The fraction of sp³-hybridized carbons (Fsp3) is 0.444. The van der Waals surface area contributed by atoms with Crippen LogP contribution in [0.15, 0.2) is 30.5 Å². The Kier molecular flexibility index (Phi) is 5.19. The number of nitro groups is 1. The van der Waals surface area contributed by atoms with Crippen LogP contribution in [0.25, 0.3) is 0 Å². The maximum Gasteiger partial charge on any atom is 0.274 e. The average molecular weight is 406 g/mol. The Labute approximate surface area is 166 Å². The SMILES string of the molecule is O=C(c1ccn(COc2ccc([N+](=O)[O-])cc2Cl)n1)N1CCN2CCC[C@H]2C1. The molecule has 2 fully saturated rings. The summed E-state index contributed by atoms with van der Waals surface area (Å²) in [4.78, 5) is 27.3. The van der Waals surface area contributed by atoms with Gasteiger partial charge in [0.2, 0.25) is 0 Å². The van der Waals surface area contributed by atoms with Crippen molar-refractivity contribution in [1.82, 2.24) is 19.6 Å². The summed E-state index contributed by atoms with van der Waals surface area (Å²) in [5.41, 5.74) is 0.275. The summed E-state index contributed by atoms with van der Waals surface area (Å²) >= 11 is 6.02. The molecule has 0 N–H and O–H groups in total. The molecule has 0 unspecified atom stereocenters. The summed E-state index contributed by atoms with van der Waals surface area (Å²) in [5.74, 6) is 0.242. The lowest BCUT2D eigenvalue weighted by Crippen LogP contribution is -2.52. The number of hydrogen-bond donors (Lipinski definition) is 0. The summed E-state index contributed by atoms with van der Waals surface area (Å²) in [5, 5.41) is 15.2. The van der Waals surface area contributed by atoms with Gasteiger partial charge in [-0.3, -0.25) is 19.8 Å². The van der Waals surface area contributed by atoms with Crippen LogP contribution >= 0.6 is 11.6 Å². The minimum absolute atomic E-state index is 0.0429. The fourth-order valence-corrected chi connectivity index (χ4v) is 3.97. The number of carbonyl (C=O) groups excluding carboxylic acids is 1. The van der Waals surface area contributed by atoms with Crippen LogP contribution in [0.3, 0.4) is 0 Å². The fourth-order valence-electron chi connectivity index (χ4n) is 3.74. The van der Waals surface area contributed by atoms with E-state index >= 15 is 0 Å². The number of aromatic nitrogens is 2. The molecule has 3 heterocycles. The van der Waals surface area contributed by atoms with E-state index in [9.17, 15) is 14.9 Å². The van der Waals surface area contributed by atoms with E-state index in [1.165, 1.54) is 29.3 Å². The molecule has 10 heteroatoms. The minimum atomic E-state index is -0.521. The second kappa shape index (κ2) is 7.76. The molecule has 0 aliphatic carbocycles. The second-order valence-electron chi connectivity index (χ2n) is 6.97. The van der Waals surface area contributed by atoms with Crippen molar-refractivity contribution >= 4 is 23.2 Å². The molecular formula is C18H20ClN5O4. The third kappa shape index (κ3) is 3.81. The number of ether oxygens (including phenoxy) is 1. The number of hydrogen-bond acceptors (Lipinski definition) is 6. The predicted octanol–water partition coefficient (Wildman–Crippen LogP) is 2.40. The molecule has 9 nitrogen and oxygen atoms in total. The minimum Gasteiger partial charge on any atom is -0.470 e. The Hall–Kier alpha value is -2.65. The van der Waals surface area contributed by atoms with Crippen LogP contribution in [-0.4, -0.2) is 62.6 Å². The van der Waals surface area contributed by atoms with Crippen molar-refractivity contribution in [3.8, 4) is 5.75 Å². The van der Waals surface area contributed by atoms with Gasteiger partial charge in [0.1, 0.15) is 5.75 Å². The molecule has 2 aromatic rings. The Bertz CT molecular complexity index is 902. The van der Waals surface area contributed by atoms with Crippen LogP contribution in [-0.2, 0) is 6.73 Å². The molecule has 0 saturated carbocycles. The van der Waals surface area contributed by atoms with Crippen molar-refractivity contribution < 1.29 is 14.5 Å². The first-order chi connectivity index (χ1) is 13.5. The number of carbonyl (C=O) groups is 1. The van der Waals surface area contributed by atoms with Crippen molar-refractivity contribution in [3.05, 3.63) is 51.3 Å². The van der Waals surface area contributed by atoms with E-state index in [-0.39, 0.29) is 23.3 Å². The number of benzene rings is 1. The monoisotopic (exact) mass is 405 g/mol. The Morgan fingerprint density at radius 2 is 2.18 bits per heavy atom. The van der Waals surface area contributed by atoms with E-state index in [0.717, 1.165) is 32.6 Å². The van der Waals surface area contributed by atoms with Crippen LogP contribution in [0.1, 0.15) is 23.3 Å². The molecule has 2 aliphatic rings. The lowest BCUT2D eigenvalue weighted by Gasteiger charge is -2.37. The van der Waals surface area contributed by atoms with E-state index in [2.05, 4.69) is 10.00 Å². The third-order valence-corrected chi connectivity index (χ3v) is 5.51. The Balaban J connectivity index is 1.36. The molecule has 1 aromatic heterocycles. The summed E-state index contributed by atoms with van der Waals surface area (Å²) < 4.78 is 7.06. The molecule has 0 radical (unpaired) electrons. The largest absolute Gasteiger partial charge is 0.470 e. The quantitative estimate of drug-likeness (QED) is 0.560. The van der Waals surface area contributed by atoms with Gasteiger partial charge in [-0.15, -0.1) is 0 Å². The van der Waals surface area contributed by atoms with Gasteiger partial charge in [-0.25, -0.2) is 4.68 Å². The third-order valence-electron chi connectivity index (χ3n) is 5.21. The van der Waals surface area contributed by atoms with Crippen LogP contribution < -0.4 is 4.74 Å². The second-order valence-corrected chi connectivity index (χ2v) is 7.38. The number of amides is 1. The van der Waals surface area contributed by atoms with E-state index in [0.29, 0.717) is 17.5 Å². The molecular weight excluding hydrogens is 386 g/mol. The molecule has 1 aromatic carbocycles. The first-order valence-corrected chi connectivity index (χ1v) is 9.52. The molecule has 4 rings (SSSR count). The van der Waals surface area contributed by atoms with Gasteiger partial charge in [-0.05, 0) is 31.5 Å². The molecule has 0 spiro atoms. The van der Waals surface area contributed by atoms with Crippen LogP contribution in [0.4, 0.5) is 5.69 Å². The lowest BCUT2D eigenvalue weighted by molar-refractivity contribution is -0.384. The highest BCUT2D eigenvalue weighted by atomic mass is 35.5. The smallest absolute Gasteiger partial charge is 0.274 e. The summed E-state index contributed by atoms with van der Waals surface area (Å²) in [6.45, 7) is 3.56. The van der Waals surface area contributed by atoms with E-state index in [1.807, 2.05) is 4.90 Å². The van der Waals surface area contributed by atoms with E-state index < -0.39 is 4.92 Å². The van der Waals surface area contributed by atoms with Crippen molar-refractivity contribution in [2.45, 2.75) is 25.6 Å². The van der Waals surface area contributed by atoms with Gasteiger partial charge in [0, 0.05) is 44.0 Å². The molecule has 2 saturated heterocycles. The summed E-state index contributed by atoms with van der Waals surface area (Å²) in [7, 11) is 0. The standard InChI is InChI=1S/C18H20ClN5O4/c19-15-10-13(24(26)27)3-4-17(15)28-12-23-7-5-16(20-23)18(25)22-9-8-21-6-1-2-14(21)11-22/h3-5,7,10,14H,1-2,6,8-9,11-12H2/t14-/m0/s1. The van der Waals surface area contributed by atoms with Gasteiger partial charge < -0.3 is 9.64 Å². The lowest BCUT2D eigenvalue weighted by atomic mass is 10.1. The van der Waals surface area contributed by atoms with Crippen molar-refractivity contribution in [3.63, 3.8) is 0 Å². The van der Waals surface area contributed by atoms with Gasteiger partial charge in [0.25, 0.3) is 11.6 Å². The molecule has 0 bridgehead atoms. The van der Waals surface area contributed by atoms with E-state index in [1.54, 1.807) is 12.3 Å². The first-order valence-electron chi connectivity index (χ1n) is 9.15. The number of non-ortho nitro benzene ring substituents is 1. The number of nitrogens with zero attached hydrogens (tertiary/aromatic N) is 5. The maximum atomic E-state index is 12.7. The molecule has 28 heavy (non-hydrogen) atoms. The zero-order chi connectivity index (χ0) is 19.7. The van der Waals surface area contributed by atoms with Gasteiger partial charge in [0.05, 0.1) is 9.95 Å². The Morgan fingerprint density at radius 1 is 1.32 bits per heavy atom. The van der Waals surface area contributed by atoms with Crippen molar-refractivity contribution in [1.29, 1.82) is 0 Å². The van der Waals surface area contributed by atoms with E-state index in [4.69, 9.17) is 16.3 Å². The number of fused-ring (bicyclic) bond motifs is 1. The number of nitro benzene ring substituents is 1. The van der Waals surface area contributed by atoms with Crippen LogP contribution in [0, 0.1) is 10.1 Å². The predicted molar refractivity (Wildman–Crippen MR) is 101 cm³/mol. The number of halogens is 1. The number of rotatable bonds is 5. The van der Waals surface area contributed by atoms with Crippen LogP contribution in [0.2, 0.25) is 5.02 Å². The van der Waals surface area contributed by atoms with Gasteiger partial charge in [0.15, 0.2) is 12.4 Å². The number of piperazine rings is 1. The Morgan fingerprint density at radius 3 is 2.96 bits per heavy atom. The molecule has 2 aliphatic heterocycles. The highest BCUT2D eigenvalue weighted by Gasteiger charge is 2.33. The summed E-state index contributed by atoms with van der Waals surface area (Å²) in [6, 6.07) is 6.13. The average Bonchev–Trinajstić information content (AvgIpc) is 3.35.